The van der Waals surface area contributed by atoms with Crippen molar-refractivity contribution in [2.75, 3.05) is 11.9 Å². The zero-order chi connectivity index (χ0) is 12.8. The molecule has 1 aromatic heterocycles. The topological polar surface area (TPSA) is 63.0 Å². The lowest BCUT2D eigenvalue weighted by Crippen LogP contribution is -2.11. The van der Waals surface area contributed by atoms with E-state index in [1.54, 1.807) is 6.07 Å². The van der Waals surface area contributed by atoms with Crippen LogP contribution in [0.25, 0.3) is 0 Å². The predicted octanol–water partition coefficient (Wildman–Crippen LogP) is 1.93. The molecule has 0 atom stereocenters. The summed E-state index contributed by atoms with van der Waals surface area (Å²) in [5.74, 6) is 0.270. The fourth-order valence-corrected chi connectivity index (χ4v) is 1.45. The molecular weight excluding hydrogens is 235 g/mol. The minimum atomic E-state index is -0.257. The molecule has 6 heteroatoms. The maximum atomic E-state index is 12.9. The van der Waals surface area contributed by atoms with Crippen LogP contribution in [0.3, 0.4) is 0 Å². The molecular formula is C12H15FN4O. The molecule has 96 valence electrons. The number of halogens is 1. The smallest absolute Gasteiger partial charge is 0.315 e. The highest BCUT2D eigenvalue weighted by Crippen LogP contribution is 2.09. The highest BCUT2D eigenvalue weighted by Gasteiger charge is 2.04. The number of aromatic nitrogens is 2. The van der Waals surface area contributed by atoms with Crippen LogP contribution in [-0.4, -0.2) is 16.7 Å². The molecule has 1 heterocycles. The number of hydrogen-bond donors (Lipinski definition) is 2. The van der Waals surface area contributed by atoms with E-state index in [0.717, 1.165) is 12.1 Å². The molecule has 2 rings (SSSR count). The summed E-state index contributed by atoms with van der Waals surface area (Å²) >= 11 is 0. The van der Waals surface area contributed by atoms with Crippen LogP contribution in [0, 0.1) is 5.82 Å². The Morgan fingerprint density at radius 2 is 2.17 bits per heavy atom. The fourth-order valence-electron chi connectivity index (χ4n) is 1.45. The molecule has 0 aliphatic carbocycles. The summed E-state index contributed by atoms with van der Waals surface area (Å²) in [5, 5.41) is 13.7. The van der Waals surface area contributed by atoms with Crippen LogP contribution in [0.2, 0.25) is 0 Å². The zero-order valence-electron chi connectivity index (χ0n) is 10.1. The van der Waals surface area contributed by atoms with Crippen molar-refractivity contribution in [1.82, 2.24) is 15.5 Å². The van der Waals surface area contributed by atoms with Crippen molar-refractivity contribution < 1.29 is 8.81 Å². The van der Waals surface area contributed by atoms with Crippen LogP contribution in [0.4, 0.5) is 10.4 Å². The molecule has 2 aromatic rings. The van der Waals surface area contributed by atoms with E-state index in [4.69, 9.17) is 4.42 Å². The molecule has 0 saturated carbocycles. The van der Waals surface area contributed by atoms with E-state index in [-0.39, 0.29) is 5.82 Å². The van der Waals surface area contributed by atoms with Gasteiger partial charge in [-0.15, -0.1) is 5.10 Å². The van der Waals surface area contributed by atoms with Crippen molar-refractivity contribution >= 4 is 6.01 Å². The number of nitrogens with one attached hydrogen (secondary N) is 2. The van der Waals surface area contributed by atoms with Crippen molar-refractivity contribution in [3.8, 4) is 0 Å². The standard InChI is InChI=1S/C12H15FN4O/c1-2-14-8-11-16-17-12(18-11)15-7-9-4-3-5-10(13)6-9/h3-6,14H,2,7-8H2,1H3,(H,15,17). The van der Waals surface area contributed by atoms with Gasteiger partial charge in [0.1, 0.15) is 5.82 Å². The molecule has 2 N–H and O–H groups in total. The molecule has 0 bridgehead atoms. The second-order valence-electron chi connectivity index (χ2n) is 3.76. The molecule has 0 aliphatic rings. The first-order valence-corrected chi connectivity index (χ1v) is 5.79. The van der Waals surface area contributed by atoms with E-state index in [1.807, 2.05) is 13.0 Å². The summed E-state index contributed by atoms with van der Waals surface area (Å²) in [5.41, 5.74) is 0.821. The Hall–Kier alpha value is -1.95. The molecule has 0 amide bonds. The molecule has 0 radical (unpaired) electrons. The number of hydrogen-bond acceptors (Lipinski definition) is 5. The van der Waals surface area contributed by atoms with Gasteiger partial charge >= 0.3 is 6.01 Å². The van der Waals surface area contributed by atoms with E-state index < -0.39 is 0 Å². The maximum absolute atomic E-state index is 12.9. The normalized spacial score (nSPS) is 10.6. The molecule has 0 saturated heterocycles. The van der Waals surface area contributed by atoms with Crippen molar-refractivity contribution in [2.24, 2.45) is 0 Å². The Labute approximate surface area is 104 Å². The van der Waals surface area contributed by atoms with Gasteiger partial charge < -0.3 is 15.1 Å². The molecule has 0 unspecified atom stereocenters. The van der Waals surface area contributed by atoms with E-state index >= 15 is 0 Å². The molecule has 5 nitrogen and oxygen atoms in total. The molecule has 18 heavy (non-hydrogen) atoms. The third-order valence-electron chi connectivity index (χ3n) is 2.33. The lowest BCUT2D eigenvalue weighted by atomic mass is 10.2. The Bertz CT molecular complexity index is 500. The molecule has 0 fully saturated rings. The molecule has 0 spiro atoms. The highest BCUT2D eigenvalue weighted by atomic mass is 19.1. The van der Waals surface area contributed by atoms with Crippen molar-refractivity contribution in [3.63, 3.8) is 0 Å². The number of rotatable bonds is 6. The van der Waals surface area contributed by atoms with E-state index in [0.29, 0.717) is 25.0 Å². The van der Waals surface area contributed by atoms with Gasteiger partial charge in [0, 0.05) is 6.54 Å². The van der Waals surface area contributed by atoms with Crippen LogP contribution in [0.15, 0.2) is 28.7 Å². The van der Waals surface area contributed by atoms with Crippen LogP contribution in [0.5, 0.6) is 0 Å². The van der Waals surface area contributed by atoms with Crippen LogP contribution >= 0.6 is 0 Å². The largest absolute Gasteiger partial charge is 0.407 e. The molecule has 1 aromatic carbocycles. The van der Waals surface area contributed by atoms with Crippen molar-refractivity contribution in [2.45, 2.75) is 20.0 Å². The SMILES string of the molecule is CCNCc1nnc(NCc2cccc(F)c2)o1. The summed E-state index contributed by atoms with van der Waals surface area (Å²) in [6.45, 7) is 3.83. The molecule has 0 aliphatic heterocycles. The van der Waals surface area contributed by atoms with E-state index in [2.05, 4.69) is 20.8 Å². The third-order valence-corrected chi connectivity index (χ3v) is 2.33. The maximum Gasteiger partial charge on any atom is 0.315 e. The van der Waals surface area contributed by atoms with Gasteiger partial charge in [0.15, 0.2) is 0 Å². The van der Waals surface area contributed by atoms with Gasteiger partial charge in [0.2, 0.25) is 5.89 Å². The lowest BCUT2D eigenvalue weighted by molar-refractivity contribution is 0.481. The first-order chi connectivity index (χ1) is 8.78. The van der Waals surface area contributed by atoms with Crippen LogP contribution in [-0.2, 0) is 13.1 Å². The van der Waals surface area contributed by atoms with E-state index in [1.165, 1.54) is 12.1 Å². The fraction of sp³-hybridized carbons (Fsp3) is 0.333. The monoisotopic (exact) mass is 250 g/mol. The highest BCUT2D eigenvalue weighted by molar-refractivity contribution is 5.24. The van der Waals surface area contributed by atoms with Gasteiger partial charge in [0.25, 0.3) is 0 Å². The van der Waals surface area contributed by atoms with Gasteiger partial charge in [0.05, 0.1) is 6.54 Å². The summed E-state index contributed by atoms with van der Waals surface area (Å²) in [4.78, 5) is 0. The van der Waals surface area contributed by atoms with Gasteiger partial charge in [-0.2, -0.15) is 0 Å². The van der Waals surface area contributed by atoms with E-state index in [9.17, 15) is 4.39 Å². The van der Waals surface area contributed by atoms with Gasteiger partial charge in [-0.25, -0.2) is 4.39 Å². The summed E-state index contributed by atoms with van der Waals surface area (Å²) in [6.07, 6.45) is 0. The Balaban J connectivity index is 1.88. The Morgan fingerprint density at radius 1 is 1.28 bits per heavy atom. The van der Waals surface area contributed by atoms with Gasteiger partial charge in [-0.3, -0.25) is 0 Å². The number of anilines is 1. The Morgan fingerprint density at radius 3 is 2.94 bits per heavy atom. The zero-order valence-corrected chi connectivity index (χ0v) is 10.1. The second kappa shape index (κ2) is 6.11. The number of nitrogens with zero attached hydrogens (tertiary/aromatic N) is 2. The summed E-state index contributed by atoms with van der Waals surface area (Å²) < 4.78 is 18.3. The third kappa shape index (κ3) is 3.53. The van der Waals surface area contributed by atoms with Crippen LogP contribution < -0.4 is 10.6 Å². The Kier molecular flexibility index (Phi) is 4.25. The summed E-state index contributed by atoms with van der Waals surface area (Å²) in [6, 6.07) is 6.70. The van der Waals surface area contributed by atoms with Gasteiger partial charge in [-0.05, 0) is 24.2 Å². The second-order valence-corrected chi connectivity index (χ2v) is 3.76. The van der Waals surface area contributed by atoms with Crippen molar-refractivity contribution in [1.29, 1.82) is 0 Å². The quantitative estimate of drug-likeness (QED) is 0.820. The predicted molar refractivity (Wildman–Crippen MR) is 65.4 cm³/mol. The van der Waals surface area contributed by atoms with Crippen molar-refractivity contribution in [3.05, 3.63) is 41.5 Å². The number of benzene rings is 1. The minimum absolute atomic E-state index is 0.257. The summed E-state index contributed by atoms with van der Waals surface area (Å²) in [7, 11) is 0. The average Bonchev–Trinajstić information content (AvgIpc) is 2.82. The first kappa shape index (κ1) is 12.5. The lowest BCUT2D eigenvalue weighted by Gasteiger charge is -2.01. The van der Waals surface area contributed by atoms with Crippen LogP contribution in [0.1, 0.15) is 18.4 Å². The average molecular weight is 250 g/mol. The first-order valence-electron chi connectivity index (χ1n) is 5.79. The minimum Gasteiger partial charge on any atom is -0.407 e. The van der Waals surface area contributed by atoms with Gasteiger partial charge in [-0.1, -0.05) is 24.2 Å².